The lowest BCUT2D eigenvalue weighted by atomic mass is 9.91. The number of aromatic nitrogens is 1. The molecule has 0 aliphatic carbocycles. The van der Waals surface area contributed by atoms with Crippen molar-refractivity contribution in [3.05, 3.63) is 29.5 Å². The summed E-state index contributed by atoms with van der Waals surface area (Å²) >= 11 is 0. The van der Waals surface area contributed by atoms with Crippen LogP contribution in [0.25, 0.3) is 10.9 Å². The second kappa shape index (κ2) is 5.25. The minimum Gasteiger partial charge on any atom is -0.495 e. The van der Waals surface area contributed by atoms with Crippen molar-refractivity contribution < 1.29 is 4.74 Å². The fourth-order valence-corrected chi connectivity index (χ4v) is 3.10. The molecule has 1 atom stereocenters. The molecule has 0 amide bonds. The zero-order chi connectivity index (χ0) is 13.2. The topological polar surface area (TPSA) is 37.0 Å². The monoisotopic (exact) mass is 258 g/mol. The Morgan fingerprint density at radius 1 is 1.37 bits per heavy atom. The summed E-state index contributed by atoms with van der Waals surface area (Å²) in [6.45, 7) is 4.46. The molecule has 1 aromatic heterocycles. The lowest BCUT2D eigenvalue weighted by Gasteiger charge is -2.23. The summed E-state index contributed by atoms with van der Waals surface area (Å²) in [4.78, 5) is 3.30. The van der Waals surface area contributed by atoms with Crippen molar-refractivity contribution >= 4 is 10.9 Å². The van der Waals surface area contributed by atoms with E-state index >= 15 is 0 Å². The first-order chi connectivity index (χ1) is 9.28. The lowest BCUT2D eigenvalue weighted by Crippen LogP contribution is -2.30. The average Bonchev–Trinajstić information content (AvgIpc) is 2.81. The van der Waals surface area contributed by atoms with Gasteiger partial charge in [-0.3, -0.25) is 0 Å². The van der Waals surface area contributed by atoms with E-state index in [0.29, 0.717) is 0 Å². The van der Waals surface area contributed by atoms with Crippen molar-refractivity contribution in [3.63, 3.8) is 0 Å². The van der Waals surface area contributed by atoms with Gasteiger partial charge >= 0.3 is 0 Å². The predicted molar refractivity (Wildman–Crippen MR) is 78.9 cm³/mol. The van der Waals surface area contributed by atoms with E-state index in [4.69, 9.17) is 4.74 Å². The van der Waals surface area contributed by atoms with Gasteiger partial charge in [-0.2, -0.15) is 0 Å². The van der Waals surface area contributed by atoms with Gasteiger partial charge in [0.1, 0.15) is 5.75 Å². The van der Waals surface area contributed by atoms with Gasteiger partial charge < -0.3 is 15.0 Å². The fourth-order valence-electron chi connectivity index (χ4n) is 3.10. The maximum absolute atomic E-state index is 5.52. The van der Waals surface area contributed by atoms with Crippen molar-refractivity contribution in [3.8, 4) is 5.75 Å². The molecule has 1 unspecified atom stereocenters. The Labute approximate surface area is 114 Å². The molecule has 3 rings (SSSR count). The van der Waals surface area contributed by atoms with Gasteiger partial charge in [-0.1, -0.05) is 0 Å². The number of H-pyrrole nitrogens is 1. The highest BCUT2D eigenvalue weighted by atomic mass is 16.5. The van der Waals surface area contributed by atoms with E-state index in [2.05, 4.69) is 35.6 Å². The van der Waals surface area contributed by atoms with E-state index in [1.807, 2.05) is 0 Å². The first-order valence-electron chi connectivity index (χ1n) is 7.13. The number of piperidine rings is 1. The van der Waals surface area contributed by atoms with E-state index in [1.54, 1.807) is 7.11 Å². The number of ether oxygens (including phenoxy) is 1. The van der Waals surface area contributed by atoms with Crippen LogP contribution < -0.4 is 10.1 Å². The SMILES string of the molecule is COc1cc(CC2CCCNC2)cc2c(C)c[nH]c12. The first kappa shape index (κ1) is 12.5. The van der Waals surface area contributed by atoms with E-state index in [-0.39, 0.29) is 0 Å². The van der Waals surface area contributed by atoms with Crippen LogP contribution in [0.15, 0.2) is 18.3 Å². The number of hydrogen-bond acceptors (Lipinski definition) is 2. The van der Waals surface area contributed by atoms with Gasteiger partial charge in [0.2, 0.25) is 0 Å². The Hall–Kier alpha value is -1.48. The van der Waals surface area contributed by atoms with E-state index in [9.17, 15) is 0 Å². The molecule has 1 aliphatic rings. The minimum absolute atomic E-state index is 0.759. The molecular weight excluding hydrogens is 236 g/mol. The van der Waals surface area contributed by atoms with Crippen LogP contribution in [0.3, 0.4) is 0 Å². The summed E-state index contributed by atoms with van der Waals surface area (Å²) in [5, 5.41) is 4.78. The highest BCUT2D eigenvalue weighted by Crippen LogP contribution is 2.30. The summed E-state index contributed by atoms with van der Waals surface area (Å²) < 4.78 is 5.52. The van der Waals surface area contributed by atoms with E-state index in [1.165, 1.54) is 35.9 Å². The van der Waals surface area contributed by atoms with Crippen LogP contribution in [0.4, 0.5) is 0 Å². The third-order valence-corrected chi connectivity index (χ3v) is 4.16. The number of nitrogens with one attached hydrogen (secondary N) is 2. The van der Waals surface area contributed by atoms with Crippen LogP contribution in [0.1, 0.15) is 24.0 Å². The van der Waals surface area contributed by atoms with Crippen LogP contribution >= 0.6 is 0 Å². The van der Waals surface area contributed by atoms with E-state index in [0.717, 1.165) is 30.1 Å². The van der Waals surface area contributed by atoms with Gasteiger partial charge in [0, 0.05) is 11.6 Å². The number of methoxy groups -OCH3 is 1. The number of hydrogen-bond donors (Lipinski definition) is 2. The Morgan fingerprint density at radius 3 is 3.00 bits per heavy atom. The van der Waals surface area contributed by atoms with Gasteiger partial charge in [-0.05, 0) is 68.5 Å². The minimum atomic E-state index is 0.759. The summed E-state index contributed by atoms with van der Waals surface area (Å²) in [6.07, 6.45) is 5.83. The molecule has 2 heterocycles. The Kier molecular flexibility index (Phi) is 3.47. The highest BCUT2D eigenvalue weighted by molar-refractivity contribution is 5.89. The summed E-state index contributed by atoms with van der Waals surface area (Å²) in [6, 6.07) is 4.51. The molecule has 1 aromatic carbocycles. The van der Waals surface area contributed by atoms with Crippen molar-refractivity contribution in [1.82, 2.24) is 10.3 Å². The maximum Gasteiger partial charge on any atom is 0.143 e. The number of rotatable bonds is 3. The molecule has 3 nitrogen and oxygen atoms in total. The molecule has 1 fully saturated rings. The fraction of sp³-hybridized carbons (Fsp3) is 0.500. The largest absolute Gasteiger partial charge is 0.495 e. The third kappa shape index (κ3) is 2.47. The summed E-state index contributed by atoms with van der Waals surface area (Å²) in [5.74, 6) is 1.72. The second-order valence-corrected chi connectivity index (χ2v) is 5.61. The van der Waals surface area contributed by atoms with Crippen LogP contribution in [-0.4, -0.2) is 25.2 Å². The van der Waals surface area contributed by atoms with Crippen molar-refractivity contribution in [2.45, 2.75) is 26.2 Å². The lowest BCUT2D eigenvalue weighted by molar-refractivity contribution is 0.375. The zero-order valence-electron chi connectivity index (χ0n) is 11.8. The van der Waals surface area contributed by atoms with Crippen LogP contribution in [0.2, 0.25) is 0 Å². The van der Waals surface area contributed by atoms with Gasteiger partial charge in [0.25, 0.3) is 0 Å². The molecule has 2 aromatic rings. The van der Waals surface area contributed by atoms with E-state index < -0.39 is 0 Å². The van der Waals surface area contributed by atoms with Gasteiger partial charge in [-0.15, -0.1) is 0 Å². The summed E-state index contributed by atoms with van der Waals surface area (Å²) in [5.41, 5.74) is 3.79. The normalized spacial score (nSPS) is 19.8. The van der Waals surface area contributed by atoms with Crippen molar-refractivity contribution in [2.24, 2.45) is 5.92 Å². The maximum atomic E-state index is 5.52. The van der Waals surface area contributed by atoms with Gasteiger partial charge in [0.05, 0.1) is 12.6 Å². The molecule has 1 saturated heterocycles. The number of aromatic amines is 1. The smallest absolute Gasteiger partial charge is 0.143 e. The van der Waals surface area contributed by atoms with Crippen molar-refractivity contribution in [2.75, 3.05) is 20.2 Å². The Morgan fingerprint density at radius 2 is 2.26 bits per heavy atom. The van der Waals surface area contributed by atoms with Crippen LogP contribution in [0, 0.1) is 12.8 Å². The third-order valence-electron chi connectivity index (χ3n) is 4.16. The molecule has 0 saturated carbocycles. The zero-order valence-corrected chi connectivity index (χ0v) is 11.8. The highest BCUT2D eigenvalue weighted by Gasteiger charge is 2.15. The Balaban J connectivity index is 1.92. The number of fused-ring (bicyclic) bond motifs is 1. The second-order valence-electron chi connectivity index (χ2n) is 5.61. The number of aryl methyl sites for hydroxylation is 1. The quantitative estimate of drug-likeness (QED) is 0.888. The van der Waals surface area contributed by atoms with Gasteiger partial charge in [-0.25, -0.2) is 0 Å². The molecule has 0 radical (unpaired) electrons. The van der Waals surface area contributed by atoms with Crippen LogP contribution in [0.5, 0.6) is 5.75 Å². The van der Waals surface area contributed by atoms with Crippen LogP contribution in [-0.2, 0) is 6.42 Å². The molecule has 0 spiro atoms. The molecule has 1 aliphatic heterocycles. The first-order valence-corrected chi connectivity index (χ1v) is 7.13. The van der Waals surface area contributed by atoms with Crippen molar-refractivity contribution in [1.29, 1.82) is 0 Å². The Bertz CT molecular complexity index is 567. The summed E-state index contributed by atoms with van der Waals surface area (Å²) in [7, 11) is 1.75. The average molecular weight is 258 g/mol. The standard InChI is InChI=1S/C16H22N2O/c1-11-9-18-16-14(11)7-13(8-15(16)19-2)6-12-4-3-5-17-10-12/h7-9,12,17-18H,3-6,10H2,1-2H3. The molecule has 3 heteroatoms. The number of benzene rings is 1. The van der Waals surface area contributed by atoms with Gasteiger partial charge in [0.15, 0.2) is 0 Å². The molecular formula is C16H22N2O. The molecule has 2 N–H and O–H groups in total. The molecule has 0 bridgehead atoms. The molecule has 102 valence electrons. The predicted octanol–water partition coefficient (Wildman–Crippen LogP) is 3.03. The molecule has 19 heavy (non-hydrogen) atoms.